The van der Waals surface area contributed by atoms with Gasteiger partial charge in [0.1, 0.15) is 6.33 Å². The molecule has 0 aliphatic rings. The molecule has 0 atom stereocenters. The summed E-state index contributed by atoms with van der Waals surface area (Å²) in [5, 5.41) is 16.6. The van der Waals surface area contributed by atoms with Crippen molar-refractivity contribution in [2.24, 2.45) is 0 Å². The van der Waals surface area contributed by atoms with Crippen molar-refractivity contribution >= 4 is 5.65 Å². The standard InChI is InChI=1S/C7H8N4O/c12-4-3-6-1-2-7-8-5-9-11(7)10-6/h1-2,5,12H,3-4H2. The molecule has 2 heterocycles. The van der Waals surface area contributed by atoms with Crippen molar-refractivity contribution in [3.8, 4) is 0 Å². The predicted molar refractivity (Wildman–Crippen MR) is 41.6 cm³/mol. The lowest BCUT2D eigenvalue weighted by Gasteiger charge is -1.95. The molecule has 0 aliphatic carbocycles. The molecule has 0 unspecified atom stereocenters. The molecule has 0 fully saturated rings. The number of aliphatic hydroxyl groups is 1. The Morgan fingerprint density at radius 1 is 1.42 bits per heavy atom. The van der Waals surface area contributed by atoms with Gasteiger partial charge in [-0.2, -0.15) is 5.10 Å². The summed E-state index contributed by atoms with van der Waals surface area (Å²) < 4.78 is 1.45. The van der Waals surface area contributed by atoms with Crippen molar-refractivity contribution in [3.05, 3.63) is 24.2 Å². The van der Waals surface area contributed by atoms with Gasteiger partial charge in [-0.25, -0.2) is 4.98 Å². The van der Waals surface area contributed by atoms with Gasteiger partial charge in [-0.1, -0.05) is 0 Å². The molecule has 0 aromatic carbocycles. The second-order valence-corrected chi connectivity index (χ2v) is 2.41. The zero-order valence-corrected chi connectivity index (χ0v) is 6.38. The van der Waals surface area contributed by atoms with Gasteiger partial charge in [-0.05, 0) is 12.1 Å². The van der Waals surface area contributed by atoms with E-state index in [1.807, 2.05) is 12.1 Å². The summed E-state index contributed by atoms with van der Waals surface area (Å²) in [6.45, 7) is 0.104. The summed E-state index contributed by atoms with van der Waals surface area (Å²) in [7, 11) is 0. The normalized spacial score (nSPS) is 10.8. The first kappa shape index (κ1) is 7.17. The number of nitrogens with zero attached hydrogens (tertiary/aromatic N) is 4. The Morgan fingerprint density at radius 2 is 2.33 bits per heavy atom. The highest BCUT2D eigenvalue weighted by Crippen LogP contribution is 1.98. The SMILES string of the molecule is OCCc1ccc2ncnn2n1. The molecule has 0 saturated heterocycles. The fourth-order valence-corrected chi connectivity index (χ4v) is 1.01. The molecule has 0 bridgehead atoms. The first-order chi connectivity index (χ1) is 5.90. The highest BCUT2D eigenvalue weighted by Gasteiger charge is 1.97. The first-order valence-corrected chi connectivity index (χ1v) is 3.67. The van der Waals surface area contributed by atoms with E-state index in [0.717, 1.165) is 11.3 Å². The molecule has 2 aromatic heterocycles. The van der Waals surface area contributed by atoms with Crippen LogP contribution in [0.2, 0.25) is 0 Å². The van der Waals surface area contributed by atoms with Crippen LogP contribution in [-0.4, -0.2) is 31.5 Å². The average Bonchev–Trinajstić information content (AvgIpc) is 2.51. The molecular weight excluding hydrogens is 156 g/mol. The molecule has 5 heteroatoms. The Labute approximate surface area is 68.7 Å². The van der Waals surface area contributed by atoms with Crippen molar-refractivity contribution in [2.75, 3.05) is 6.61 Å². The topological polar surface area (TPSA) is 63.3 Å². The summed E-state index contributed by atoms with van der Waals surface area (Å²) in [5.74, 6) is 0. The van der Waals surface area contributed by atoms with Crippen molar-refractivity contribution in [3.63, 3.8) is 0 Å². The third kappa shape index (κ3) is 1.14. The molecule has 62 valence electrons. The molecule has 5 nitrogen and oxygen atoms in total. The van der Waals surface area contributed by atoms with Crippen LogP contribution in [0, 0.1) is 0 Å². The summed E-state index contributed by atoms with van der Waals surface area (Å²) in [5.41, 5.74) is 1.53. The molecule has 0 aliphatic heterocycles. The van der Waals surface area contributed by atoms with Gasteiger partial charge in [0.05, 0.1) is 5.69 Å². The van der Waals surface area contributed by atoms with E-state index in [0.29, 0.717) is 6.42 Å². The van der Waals surface area contributed by atoms with Crippen LogP contribution >= 0.6 is 0 Å². The lowest BCUT2D eigenvalue weighted by atomic mass is 10.3. The van der Waals surface area contributed by atoms with Crippen molar-refractivity contribution in [1.82, 2.24) is 19.8 Å². The number of hydrogen-bond donors (Lipinski definition) is 1. The Morgan fingerprint density at radius 3 is 3.17 bits per heavy atom. The monoisotopic (exact) mass is 164 g/mol. The lowest BCUT2D eigenvalue weighted by Crippen LogP contribution is -2.01. The molecule has 0 radical (unpaired) electrons. The van der Waals surface area contributed by atoms with E-state index in [9.17, 15) is 0 Å². The van der Waals surface area contributed by atoms with Gasteiger partial charge in [0.2, 0.25) is 0 Å². The Hall–Kier alpha value is -1.49. The third-order valence-corrected chi connectivity index (χ3v) is 1.57. The van der Waals surface area contributed by atoms with Crippen LogP contribution in [-0.2, 0) is 6.42 Å². The summed E-state index contributed by atoms with van der Waals surface area (Å²) in [6.07, 6.45) is 2.00. The van der Waals surface area contributed by atoms with E-state index in [-0.39, 0.29) is 6.61 Å². The largest absolute Gasteiger partial charge is 0.396 e. The van der Waals surface area contributed by atoms with Gasteiger partial charge in [-0.3, -0.25) is 0 Å². The highest BCUT2D eigenvalue weighted by atomic mass is 16.3. The van der Waals surface area contributed by atoms with E-state index in [2.05, 4.69) is 15.2 Å². The predicted octanol–water partition coefficient (Wildman–Crippen LogP) is -0.341. The number of fused-ring (bicyclic) bond motifs is 1. The average molecular weight is 164 g/mol. The van der Waals surface area contributed by atoms with Crippen LogP contribution in [0.3, 0.4) is 0 Å². The smallest absolute Gasteiger partial charge is 0.176 e. The van der Waals surface area contributed by atoms with Crippen molar-refractivity contribution in [2.45, 2.75) is 6.42 Å². The van der Waals surface area contributed by atoms with Gasteiger partial charge in [-0.15, -0.1) is 9.73 Å². The Kier molecular flexibility index (Phi) is 1.71. The number of rotatable bonds is 2. The van der Waals surface area contributed by atoms with Crippen LogP contribution in [0.1, 0.15) is 5.69 Å². The Balaban J connectivity index is 2.46. The zero-order valence-electron chi connectivity index (χ0n) is 6.38. The fraction of sp³-hybridized carbons (Fsp3) is 0.286. The van der Waals surface area contributed by atoms with Gasteiger partial charge in [0.25, 0.3) is 0 Å². The molecule has 2 aromatic rings. The first-order valence-electron chi connectivity index (χ1n) is 3.67. The molecular formula is C7H8N4O. The second-order valence-electron chi connectivity index (χ2n) is 2.41. The maximum absolute atomic E-state index is 8.66. The van der Waals surface area contributed by atoms with Gasteiger partial charge in [0.15, 0.2) is 5.65 Å². The van der Waals surface area contributed by atoms with Crippen LogP contribution in [0.25, 0.3) is 5.65 Å². The van der Waals surface area contributed by atoms with Gasteiger partial charge < -0.3 is 5.11 Å². The van der Waals surface area contributed by atoms with Crippen LogP contribution < -0.4 is 0 Å². The van der Waals surface area contributed by atoms with Crippen LogP contribution in [0.5, 0.6) is 0 Å². The van der Waals surface area contributed by atoms with Crippen LogP contribution in [0.4, 0.5) is 0 Å². The minimum Gasteiger partial charge on any atom is -0.396 e. The minimum atomic E-state index is 0.104. The van der Waals surface area contributed by atoms with Crippen molar-refractivity contribution < 1.29 is 5.11 Å². The zero-order chi connectivity index (χ0) is 8.39. The molecule has 0 spiro atoms. The highest BCUT2D eigenvalue weighted by molar-refractivity contribution is 5.34. The van der Waals surface area contributed by atoms with E-state index in [1.54, 1.807) is 0 Å². The van der Waals surface area contributed by atoms with Crippen molar-refractivity contribution in [1.29, 1.82) is 0 Å². The van der Waals surface area contributed by atoms with Gasteiger partial charge in [0, 0.05) is 13.0 Å². The Bertz CT molecular complexity index is 384. The fourth-order valence-electron chi connectivity index (χ4n) is 1.01. The van der Waals surface area contributed by atoms with E-state index in [1.165, 1.54) is 11.0 Å². The van der Waals surface area contributed by atoms with E-state index < -0.39 is 0 Å². The van der Waals surface area contributed by atoms with E-state index >= 15 is 0 Å². The summed E-state index contributed by atoms with van der Waals surface area (Å²) >= 11 is 0. The quantitative estimate of drug-likeness (QED) is 0.659. The number of hydrogen-bond acceptors (Lipinski definition) is 4. The minimum absolute atomic E-state index is 0.104. The second kappa shape index (κ2) is 2.86. The molecule has 12 heavy (non-hydrogen) atoms. The van der Waals surface area contributed by atoms with E-state index in [4.69, 9.17) is 5.11 Å². The summed E-state index contributed by atoms with van der Waals surface area (Å²) in [4.78, 5) is 3.95. The summed E-state index contributed by atoms with van der Waals surface area (Å²) in [6, 6.07) is 3.66. The number of aromatic nitrogens is 4. The molecule has 1 N–H and O–H groups in total. The lowest BCUT2D eigenvalue weighted by molar-refractivity contribution is 0.297. The maximum atomic E-state index is 8.66. The maximum Gasteiger partial charge on any atom is 0.176 e. The number of aliphatic hydroxyl groups excluding tert-OH is 1. The molecule has 0 amide bonds. The molecule has 0 saturated carbocycles. The van der Waals surface area contributed by atoms with Gasteiger partial charge >= 0.3 is 0 Å². The molecule has 2 rings (SSSR count). The third-order valence-electron chi connectivity index (χ3n) is 1.57. The van der Waals surface area contributed by atoms with Crippen LogP contribution in [0.15, 0.2) is 18.5 Å².